The lowest BCUT2D eigenvalue weighted by molar-refractivity contribution is 0.412. The van der Waals surface area contributed by atoms with E-state index in [4.69, 9.17) is 4.74 Å². The van der Waals surface area contributed by atoms with E-state index in [0.29, 0.717) is 11.3 Å². The number of nitrogens with zero attached hydrogens (tertiary/aromatic N) is 1. The number of para-hydroxylation sites is 1. The number of hydrogen-bond donors (Lipinski definition) is 1. The van der Waals surface area contributed by atoms with Gasteiger partial charge in [0.2, 0.25) is 0 Å². The predicted octanol–water partition coefficient (Wildman–Crippen LogP) is 3.68. The van der Waals surface area contributed by atoms with Gasteiger partial charge in [-0.3, -0.25) is 0 Å². The molecule has 0 aliphatic heterocycles. The SMILES string of the molecule is COc1ccc(O)c(-c2nc3ccccc3s2)c1. The highest BCUT2D eigenvalue weighted by Crippen LogP contribution is 2.37. The Hall–Kier alpha value is -2.07. The van der Waals surface area contributed by atoms with E-state index in [9.17, 15) is 5.11 Å². The van der Waals surface area contributed by atoms with Crippen molar-refractivity contribution in [2.45, 2.75) is 0 Å². The van der Waals surface area contributed by atoms with Gasteiger partial charge in [0, 0.05) is 0 Å². The number of methoxy groups -OCH3 is 1. The fourth-order valence-corrected chi connectivity index (χ4v) is 2.79. The Morgan fingerprint density at radius 3 is 2.78 bits per heavy atom. The molecule has 0 saturated heterocycles. The van der Waals surface area contributed by atoms with Gasteiger partial charge in [0.15, 0.2) is 0 Å². The second kappa shape index (κ2) is 4.31. The van der Waals surface area contributed by atoms with Crippen molar-refractivity contribution in [3.05, 3.63) is 42.5 Å². The smallest absolute Gasteiger partial charge is 0.128 e. The number of phenols is 1. The monoisotopic (exact) mass is 257 g/mol. The summed E-state index contributed by atoms with van der Waals surface area (Å²) in [5, 5.41) is 10.7. The average molecular weight is 257 g/mol. The van der Waals surface area contributed by atoms with Crippen LogP contribution >= 0.6 is 11.3 Å². The summed E-state index contributed by atoms with van der Waals surface area (Å²) in [6, 6.07) is 13.1. The van der Waals surface area contributed by atoms with Crippen LogP contribution in [0.4, 0.5) is 0 Å². The zero-order chi connectivity index (χ0) is 12.5. The molecule has 0 amide bonds. The largest absolute Gasteiger partial charge is 0.507 e. The first kappa shape index (κ1) is 11.0. The third kappa shape index (κ3) is 1.80. The van der Waals surface area contributed by atoms with E-state index in [1.54, 1.807) is 36.6 Å². The first-order valence-electron chi connectivity index (χ1n) is 5.51. The molecule has 4 heteroatoms. The van der Waals surface area contributed by atoms with Gasteiger partial charge in [0.25, 0.3) is 0 Å². The van der Waals surface area contributed by atoms with E-state index >= 15 is 0 Å². The standard InChI is InChI=1S/C14H11NO2S/c1-17-9-6-7-12(16)10(8-9)14-15-11-4-2-3-5-13(11)18-14/h2-8,16H,1H3. The maximum absolute atomic E-state index is 9.92. The van der Waals surface area contributed by atoms with E-state index in [1.165, 1.54) is 0 Å². The molecule has 0 saturated carbocycles. The molecule has 0 aliphatic carbocycles. The number of hydrogen-bond acceptors (Lipinski definition) is 4. The molecule has 3 aromatic rings. The Morgan fingerprint density at radius 2 is 2.00 bits per heavy atom. The summed E-state index contributed by atoms with van der Waals surface area (Å²) in [5.41, 5.74) is 1.65. The molecule has 1 heterocycles. The third-order valence-electron chi connectivity index (χ3n) is 2.73. The molecule has 1 N–H and O–H groups in total. The van der Waals surface area contributed by atoms with Crippen LogP contribution in [0.3, 0.4) is 0 Å². The molecule has 0 spiro atoms. The fraction of sp³-hybridized carbons (Fsp3) is 0.0714. The quantitative estimate of drug-likeness (QED) is 0.761. The highest BCUT2D eigenvalue weighted by atomic mass is 32.1. The van der Waals surface area contributed by atoms with Gasteiger partial charge >= 0.3 is 0 Å². The van der Waals surface area contributed by atoms with Gasteiger partial charge in [-0.05, 0) is 30.3 Å². The predicted molar refractivity (Wildman–Crippen MR) is 73.3 cm³/mol. The summed E-state index contributed by atoms with van der Waals surface area (Å²) in [7, 11) is 1.61. The number of phenolic OH excluding ortho intramolecular Hbond substituents is 1. The van der Waals surface area contributed by atoms with E-state index in [0.717, 1.165) is 15.2 Å². The summed E-state index contributed by atoms with van der Waals surface area (Å²) < 4.78 is 6.28. The summed E-state index contributed by atoms with van der Waals surface area (Å²) in [6.07, 6.45) is 0. The van der Waals surface area contributed by atoms with Crippen LogP contribution in [0.15, 0.2) is 42.5 Å². The summed E-state index contributed by atoms with van der Waals surface area (Å²) >= 11 is 1.56. The minimum absolute atomic E-state index is 0.217. The van der Waals surface area contributed by atoms with Crippen LogP contribution in [0.2, 0.25) is 0 Å². The maximum Gasteiger partial charge on any atom is 0.128 e. The number of thiazole rings is 1. The highest BCUT2D eigenvalue weighted by Gasteiger charge is 2.11. The van der Waals surface area contributed by atoms with Crippen molar-refractivity contribution < 1.29 is 9.84 Å². The lowest BCUT2D eigenvalue weighted by Crippen LogP contribution is -1.84. The molecule has 0 atom stereocenters. The van der Waals surface area contributed by atoms with Gasteiger partial charge in [-0.1, -0.05) is 12.1 Å². The van der Waals surface area contributed by atoms with Crippen molar-refractivity contribution in [2.75, 3.05) is 7.11 Å². The van der Waals surface area contributed by atoms with Crippen molar-refractivity contribution in [3.8, 4) is 22.1 Å². The number of benzene rings is 2. The van der Waals surface area contributed by atoms with Gasteiger partial charge in [0.05, 0.1) is 22.9 Å². The number of fused-ring (bicyclic) bond motifs is 1. The molecule has 2 aromatic carbocycles. The number of rotatable bonds is 2. The van der Waals surface area contributed by atoms with E-state index in [2.05, 4.69) is 4.98 Å². The molecule has 1 aromatic heterocycles. The van der Waals surface area contributed by atoms with Crippen LogP contribution in [0.5, 0.6) is 11.5 Å². The minimum atomic E-state index is 0.217. The topological polar surface area (TPSA) is 42.4 Å². The molecular formula is C14H11NO2S. The van der Waals surface area contributed by atoms with Crippen molar-refractivity contribution in [2.24, 2.45) is 0 Å². The van der Waals surface area contributed by atoms with Crippen LogP contribution in [0.1, 0.15) is 0 Å². The van der Waals surface area contributed by atoms with Crippen molar-refractivity contribution in [1.82, 2.24) is 4.98 Å². The molecule has 3 rings (SSSR count). The Bertz CT molecular complexity index is 673. The molecule has 0 bridgehead atoms. The molecule has 0 radical (unpaired) electrons. The molecule has 18 heavy (non-hydrogen) atoms. The fourth-order valence-electron chi connectivity index (χ4n) is 1.80. The Balaban J connectivity index is 2.19. The summed E-state index contributed by atoms with van der Waals surface area (Å²) in [6.45, 7) is 0. The number of aromatic hydroxyl groups is 1. The lowest BCUT2D eigenvalue weighted by Gasteiger charge is -2.04. The van der Waals surface area contributed by atoms with Crippen LogP contribution < -0.4 is 4.74 Å². The van der Waals surface area contributed by atoms with Crippen LogP contribution in [-0.2, 0) is 0 Å². The van der Waals surface area contributed by atoms with E-state index in [1.807, 2.05) is 24.3 Å². The summed E-state index contributed by atoms with van der Waals surface area (Å²) in [5.74, 6) is 0.928. The van der Waals surface area contributed by atoms with Crippen LogP contribution in [0.25, 0.3) is 20.8 Å². The number of aromatic nitrogens is 1. The molecule has 0 unspecified atom stereocenters. The van der Waals surface area contributed by atoms with Gasteiger partial charge in [0.1, 0.15) is 16.5 Å². The van der Waals surface area contributed by atoms with Crippen molar-refractivity contribution >= 4 is 21.6 Å². The molecule has 90 valence electrons. The highest BCUT2D eigenvalue weighted by molar-refractivity contribution is 7.21. The van der Waals surface area contributed by atoms with Crippen molar-refractivity contribution in [3.63, 3.8) is 0 Å². The maximum atomic E-state index is 9.92. The average Bonchev–Trinajstić information content (AvgIpc) is 2.82. The first-order valence-corrected chi connectivity index (χ1v) is 6.32. The van der Waals surface area contributed by atoms with Gasteiger partial charge < -0.3 is 9.84 Å². The Labute approximate surface area is 108 Å². The number of ether oxygens (including phenoxy) is 1. The Morgan fingerprint density at radius 1 is 1.17 bits per heavy atom. The van der Waals surface area contributed by atoms with Crippen LogP contribution in [0, 0.1) is 0 Å². The van der Waals surface area contributed by atoms with E-state index < -0.39 is 0 Å². The van der Waals surface area contributed by atoms with Gasteiger partial charge in [-0.25, -0.2) is 4.98 Å². The minimum Gasteiger partial charge on any atom is -0.507 e. The normalized spacial score (nSPS) is 10.7. The second-order valence-corrected chi connectivity index (χ2v) is 4.90. The first-order chi connectivity index (χ1) is 8.78. The van der Waals surface area contributed by atoms with Gasteiger partial charge in [-0.15, -0.1) is 11.3 Å². The Kier molecular flexibility index (Phi) is 2.64. The van der Waals surface area contributed by atoms with Crippen molar-refractivity contribution in [1.29, 1.82) is 0 Å². The zero-order valence-electron chi connectivity index (χ0n) is 9.75. The molecule has 3 nitrogen and oxygen atoms in total. The molecule has 0 aliphatic rings. The van der Waals surface area contributed by atoms with Crippen LogP contribution in [-0.4, -0.2) is 17.2 Å². The van der Waals surface area contributed by atoms with Gasteiger partial charge in [-0.2, -0.15) is 0 Å². The second-order valence-electron chi connectivity index (χ2n) is 3.87. The molecular weight excluding hydrogens is 246 g/mol. The lowest BCUT2D eigenvalue weighted by atomic mass is 10.2. The van der Waals surface area contributed by atoms with E-state index in [-0.39, 0.29) is 5.75 Å². The molecule has 0 fully saturated rings. The zero-order valence-corrected chi connectivity index (χ0v) is 10.6. The summed E-state index contributed by atoms with van der Waals surface area (Å²) in [4.78, 5) is 4.52. The third-order valence-corrected chi connectivity index (χ3v) is 3.80.